The molecular weight excluding hydrogens is 242 g/mol. The second-order valence-electron chi connectivity index (χ2n) is 4.42. The highest BCUT2D eigenvalue weighted by molar-refractivity contribution is 5.89. The number of hydrogen-bond acceptors (Lipinski definition) is 3. The smallest absolute Gasteiger partial charge is 0.290 e. The number of amides is 2. The summed E-state index contributed by atoms with van der Waals surface area (Å²) < 4.78 is 0. The molecule has 0 bridgehead atoms. The summed E-state index contributed by atoms with van der Waals surface area (Å²) in [7, 11) is 1.47. The van der Waals surface area contributed by atoms with Crippen LogP contribution in [-0.2, 0) is 4.84 Å². The summed E-state index contributed by atoms with van der Waals surface area (Å²) in [6, 6.07) is 11.1. The number of pyridine rings is 1. The minimum Gasteiger partial charge on any atom is -0.290 e. The lowest BCUT2D eigenvalue weighted by Crippen LogP contribution is -2.39. The van der Waals surface area contributed by atoms with E-state index >= 15 is 0 Å². The van der Waals surface area contributed by atoms with Crippen molar-refractivity contribution in [1.82, 2.24) is 10.0 Å². The molecule has 0 aliphatic rings. The summed E-state index contributed by atoms with van der Waals surface area (Å²) in [5.41, 5.74) is 0.841. The van der Waals surface area contributed by atoms with Gasteiger partial charge < -0.3 is 0 Å². The Balaban J connectivity index is 2.19. The van der Waals surface area contributed by atoms with Gasteiger partial charge in [-0.3, -0.25) is 10.2 Å². The average molecular weight is 259 g/mol. The molecule has 1 heterocycles. The van der Waals surface area contributed by atoms with Crippen LogP contribution < -0.4 is 5.32 Å². The van der Waals surface area contributed by atoms with Gasteiger partial charge in [-0.2, -0.15) is 0 Å². The number of carbonyl (C=O) groups excluding carboxylic acids is 1. The van der Waals surface area contributed by atoms with Gasteiger partial charge in [-0.15, -0.1) is 0 Å². The van der Waals surface area contributed by atoms with Crippen molar-refractivity contribution in [3.05, 3.63) is 36.4 Å². The summed E-state index contributed by atoms with van der Waals surface area (Å²) in [5.74, 6) is 0.506. The van der Waals surface area contributed by atoms with Crippen molar-refractivity contribution in [3.63, 3.8) is 0 Å². The van der Waals surface area contributed by atoms with Crippen LogP contribution in [0.2, 0.25) is 0 Å². The topological polar surface area (TPSA) is 54.5 Å². The molecule has 1 aromatic heterocycles. The largest absolute Gasteiger partial charge is 0.347 e. The van der Waals surface area contributed by atoms with Crippen molar-refractivity contribution in [3.8, 4) is 0 Å². The molecular formula is C14H17N3O2. The molecule has 0 radical (unpaired) electrons. The summed E-state index contributed by atoms with van der Waals surface area (Å²) in [6.07, 6.45) is 0. The molecule has 0 fully saturated rings. The summed E-state index contributed by atoms with van der Waals surface area (Å²) in [4.78, 5) is 21.4. The number of aromatic nitrogens is 1. The van der Waals surface area contributed by atoms with Crippen molar-refractivity contribution in [2.45, 2.75) is 19.9 Å². The van der Waals surface area contributed by atoms with E-state index in [2.05, 4.69) is 10.3 Å². The summed E-state index contributed by atoms with van der Waals surface area (Å²) in [6.45, 7) is 3.74. The molecule has 0 spiro atoms. The number of urea groups is 1. The fourth-order valence-corrected chi connectivity index (χ4v) is 1.83. The first kappa shape index (κ1) is 13.3. The van der Waals surface area contributed by atoms with Crippen molar-refractivity contribution < 1.29 is 9.63 Å². The van der Waals surface area contributed by atoms with Gasteiger partial charge in [-0.1, -0.05) is 18.2 Å². The predicted molar refractivity (Wildman–Crippen MR) is 74.7 cm³/mol. The monoisotopic (exact) mass is 259 g/mol. The standard InChI is InChI=1S/C14H17N3O2/c1-10(2)17(19-3)14(18)16-13-9-8-11-6-4-5-7-12(11)15-13/h4-10H,1-3H3,(H,15,16,18). The molecule has 2 aromatic rings. The van der Waals surface area contributed by atoms with Crippen LogP contribution in [0.15, 0.2) is 36.4 Å². The zero-order chi connectivity index (χ0) is 13.8. The Hall–Kier alpha value is -2.14. The normalized spacial score (nSPS) is 10.7. The number of anilines is 1. The highest BCUT2D eigenvalue weighted by atomic mass is 16.7. The van der Waals surface area contributed by atoms with E-state index in [9.17, 15) is 4.79 Å². The first-order chi connectivity index (χ1) is 9.11. The van der Waals surface area contributed by atoms with Crippen LogP contribution in [0.5, 0.6) is 0 Å². The van der Waals surface area contributed by atoms with E-state index in [0.29, 0.717) is 5.82 Å². The fraction of sp³-hybridized carbons (Fsp3) is 0.286. The third-order valence-corrected chi connectivity index (χ3v) is 2.70. The summed E-state index contributed by atoms with van der Waals surface area (Å²) >= 11 is 0. The van der Waals surface area contributed by atoms with Crippen LogP contribution in [0.4, 0.5) is 10.6 Å². The third-order valence-electron chi connectivity index (χ3n) is 2.70. The van der Waals surface area contributed by atoms with Gasteiger partial charge >= 0.3 is 6.03 Å². The van der Waals surface area contributed by atoms with Gasteiger partial charge in [-0.05, 0) is 32.0 Å². The van der Waals surface area contributed by atoms with Crippen LogP contribution in [0.25, 0.3) is 10.9 Å². The Morgan fingerprint density at radius 2 is 2.00 bits per heavy atom. The number of nitrogens with one attached hydrogen (secondary N) is 1. The summed E-state index contributed by atoms with van der Waals surface area (Å²) in [5, 5.41) is 5.01. The van der Waals surface area contributed by atoms with E-state index in [-0.39, 0.29) is 12.1 Å². The molecule has 0 saturated carbocycles. The van der Waals surface area contributed by atoms with Gasteiger partial charge in [0, 0.05) is 5.39 Å². The number of carbonyl (C=O) groups is 1. The van der Waals surface area contributed by atoms with Crippen LogP contribution in [0, 0.1) is 0 Å². The van der Waals surface area contributed by atoms with E-state index in [1.54, 1.807) is 6.07 Å². The highest BCUT2D eigenvalue weighted by Crippen LogP contribution is 2.15. The number of fused-ring (bicyclic) bond motifs is 1. The quantitative estimate of drug-likeness (QED) is 0.862. The van der Waals surface area contributed by atoms with Crippen molar-refractivity contribution in [2.24, 2.45) is 0 Å². The lowest BCUT2D eigenvalue weighted by Gasteiger charge is -2.23. The van der Waals surface area contributed by atoms with Gasteiger partial charge in [0.15, 0.2) is 0 Å². The molecule has 1 aromatic carbocycles. The Morgan fingerprint density at radius 1 is 1.26 bits per heavy atom. The zero-order valence-electron chi connectivity index (χ0n) is 11.3. The van der Waals surface area contributed by atoms with E-state index in [4.69, 9.17) is 4.84 Å². The SMILES string of the molecule is CON(C(=O)Nc1ccc2ccccc2n1)C(C)C. The lowest BCUT2D eigenvalue weighted by molar-refractivity contribution is -0.103. The fourth-order valence-electron chi connectivity index (χ4n) is 1.83. The molecule has 0 saturated heterocycles. The second kappa shape index (κ2) is 5.67. The average Bonchev–Trinajstić information content (AvgIpc) is 2.39. The molecule has 2 amide bonds. The van der Waals surface area contributed by atoms with Crippen LogP contribution >= 0.6 is 0 Å². The van der Waals surface area contributed by atoms with Gasteiger partial charge in [0.1, 0.15) is 5.82 Å². The van der Waals surface area contributed by atoms with Crippen LogP contribution in [0.1, 0.15) is 13.8 Å². The molecule has 100 valence electrons. The molecule has 19 heavy (non-hydrogen) atoms. The Morgan fingerprint density at radius 3 is 2.68 bits per heavy atom. The van der Waals surface area contributed by atoms with Crippen molar-refractivity contribution in [1.29, 1.82) is 0 Å². The first-order valence-corrected chi connectivity index (χ1v) is 6.12. The Bertz CT molecular complexity index is 584. The molecule has 5 nitrogen and oxygen atoms in total. The molecule has 0 aliphatic heterocycles. The molecule has 1 N–H and O–H groups in total. The van der Waals surface area contributed by atoms with Gasteiger partial charge in [0.05, 0.1) is 18.7 Å². The number of hydrogen-bond donors (Lipinski definition) is 1. The maximum Gasteiger partial charge on any atom is 0.347 e. The molecule has 0 atom stereocenters. The molecule has 0 unspecified atom stereocenters. The predicted octanol–water partition coefficient (Wildman–Crippen LogP) is 3.04. The van der Waals surface area contributed by atoms with Crippen LogP contribution in [0.3, 0.4) is 0 Å². The van der Waals surface area contributed by atoms with Crippen molar-refractivity contribution in [2.75, 3.05) is 12.4 Å². The van der Waals surface area contributed by atoms with E-state index in [1.807, 2.05) is 44.2 Å². The first-order valence-electron chi connectivity index (χ1n) is 6.12. The lowest BCUT2D eigenvalue weighted by atomic mass is 10.2. The molecule has 5 heteroatoms. The minimum atomic E-state index is -0.333. The maximum atomic E-state index is 12.0. The number of para-hydroxylation sites is 1. The van der Waals surface area contributed by atoms with Gasteiger partial charge in [0.2, 0.25) is 0 Å². The highest BCUT2D eigenvalue weighted by Gasteiger charge is 2.17. The third kappa shape index (κ3) is 3.00. The van der Waals surface area contributed by atoms with E-state index in [1.165, 1.54) is 12.2 Å². The molecule has 0 aliphatic carbocycles. The minimum absolute atomic E-state index is 0.0505. The zero-order valence-corrected chi connectivity index (χ0v) is 11.3. The number of rotatable bonds is 3. The van der Waals surface area contributed by atoms with Gasteiger partial charge in [0.25, 0.3) is 0 Å². The Kier molecular flexibility index (Phi) is 3.97. The Labute approximate surface area is 112 Å². The van der Waals surface area contributed by atoms with Gasteiger partial charge in [-0.25, -0.2) is 14.8 Å². The van der Waals surface area contributed by atoms with E-state index in [0.717, 1.165) is 10.9 Å². The van der Waals surface area contributed by atoms with Crippen LogP contribution in [-0.4, -0.2) is 29.2 Å². The number of nitrogens with zero attached hydrogens (tertiary/aromatic N) is 2. The maximum absolute atomic E-state index is 12.0. The van der Waals surface area contributed by atoms with E-state index < -0.39 is 0 Å². The second-order valence-corrected chi connectivity index (χ2v) is 4.42. The molecule has 2 rings (SSSR count). The number of hydroxylamine groups is 2. The number of benzene rings is 1. The van der Waals surface area contributed by atoms with Crippen molar-refractivity contribution >= 4 is 22.8 Å².